The van der Waals surface area contributed by atoms with Gasteiger partial charge in [-0.05, 0) is 56.1 Å². The van der Waals surface area contributed by atoms with Gasteiger partial charge in [-0.1, -0.05) is 133 Å². The average molecular weight is 572 g/mol. The first-order valence-electron chi connectivity index (χ1n) is 15.4. The molecule has 0 spiro atoms. The third-order valence-electron chi connectivity index (χ3n) is 9.41. The predicted octanol–water partition coefficient (Wildman–Crippen LogP) is 12.1. The van der Waals surface area contributed by atoms with Crippen LogP contribution < -0.4 is 0 Å². The first-order valence-corrected chi connectivity index (χ1v) is 15.4. The van der Waals surface area contributed by atoms with Crippen LogP contribution in [-0.4, -0.2) is 4.98 Å². The summed E-state index contributed by atoms with van der Waals surface area (Å²) in [5, 5.41) is 13.3. The number of benzene rings is 8. The summed E-state index contributed by atoms with van der Waals surface area (Å²) in [5.74, 6) is 0. The number of hydrogen-bond acceptors (Lipinski definition) is 2. The Morgan fingerprint density at radius 2 is 0.978 bits per heavy atom. The minimum absolute atomic E-state index is 0.914. The van der Waals surface area contributed by atoms with Crippen molar-refractivity contribution in [3.63, 3.8) is 0 Å². The maximum Gasteiger partial charge on any atom is 0.143 e. The fourth-order valence-corrected chi connectivity index (χ4v) is 7.35. The predicted molar refractivity (Wildman–Crippen MR) is 190 cm³/mol. The fourth-order valence-electron chi connectivity index (χ4n) is 7.35. The van der Waals surface area contributed by atoms with E-state index < -0.39 is 0 Å². The second-order valence-electron chi connectivity index (χ2n) is 11.9. The number of para-hydroxylation sites is 1. The van der Waals surface area contributed by atoms with Crippen molar-refractivity contribution in [3.05, 3.63) is 152 Å². The third-order valence-corrected chi connectivity index (χ3v) is 9.41. The van der Waals surface area contributed by atoms with E-state index in [1.54, 1.807) is 0 Å². The Balaban J connectivity index is 1.22. The van der Waals surface area contributed by atoms with Crippen LogP contribution >= 0.6 is 0 Å². The molecule has 0 bridgehead atoms. The number of nitrogens with zero attached hydrogens (tertiary/aromatic N) is 1. The van der Waals surface area contributed by atoms with E-state index in [1.807, 2.05) is 0 Å². The molecule has 0 unspecified atom stereocenters. The van der Waals surface area contributed by atoms with Crippen molar-refractivity contribution in [1.82, 2.24) is 4.98 Å². The molecule has 2 aromatic heterocycles. The van der Waals surface area contributed by atoms with Gasteiger partial charge in [-0.15, -0.1) is 0 Å². The molecule has 0 fully saturated rings. The third kappa shape index (κ3) is 3.54. The maximum atomic E-state index is 6.70. The zero-order chi connectivity index (χ0) is 29.5. The zero-order valence-corrected chi connectivity index (χ0v) is 24.3. The number of fused-ring (bicyclic) bond motifs is 12. The molecule has 2 heteroatoms. The standard InChI is InChI=1S/C43H25NO/c1-4-12-31-26(9-1)21-23-35-39(31)34-15-7-8-16-37(34)44-42(35)29-19-17-28(18-20-29)36-25-30-11-3-6-14-33(30)41-40-32-13-5-2-10-27(32)22-24-38(40)45-43(36)41/h1-25H. The van der Waals surface area contributed by atoms with E-state index in [0.29, 0.717) is 0 Å². The topological polar surface area (TPSA) is 26.0 Å². The van der Waals surface area contributed by atoms with Gasteiger partial charge in [0, 0.05) is 38.1 Å². The Bertz CT molecular complexity index is 2790. The Kier molecular flexibility index (Phi) is 5.03. The highest BCUT2D eigenvalue weighted by molar-refractivity contribution is 6.29. The van der Waals surface area contributed by atoms with Gasteiger partial charge in [-0.3, -0.25) is 0 Å². The molecule has 208 valence electrons. The van der Waals surface area contributed by atoms with Gasteiger partial charge < -0.3 is 4.42 Å². The largest absolute Gasteiger partial charge is 0.455 e. The van der Waals surface area contributed by atoms with E-state index in [4.69, 9.17) is 9.40 Å². The minimum Gasteiger partial charge on any atom is -0.455 e. The molecular formula is C43H25NO. The van der Waals surface area contributed by atoms with Gasteiger partial charge in [0.05, 0.1) is 11.2 Å². The molecule has 0 aliphatic rings. The highest BCUT2D eigenvalue weighted by atomic mass is 16.3. The van der Waals surface area contributed by atoms with Gasteiger partial charge in [0.25, 0.3) is 0 Å². The number of hydrogen-bond donors (Lipinski definition) is 0. The molecule has 8 aromatic carbocycles. The number of furan rings is 1. The van der Waals surface area contributed by atoms with E-state index >= 15 is 0 Å². The van der Waals surface area contributed by atoms with Crippen LogP contribution in [0.1, 0.15) is 0 Å². The summed E-state index contributed by atoms with van der Waals surface area (Å²) in [6.45, 7) is 0. The summed E-state index contributed by atoms with van der Waals surface area (Å²) in [5.41, 5.74) is 7.15. The molecule has 10 aromatic rings. The lowest BCUT2D eigenvalue weighted by Crippen LogP contribution is -1.91. The average Bonchev–Trinajstić information content (AvgIpc) is 3.51. The highest BCUT2D eigenvalue weighted by Crippen LogP contribution is 2.44. The van der Waals surface area contributed by atoms with Crippen LogP contribution in [0.4, 0.5) is 0 Å². The lowest BCUT2D eigenvalue weighted by atomic mass is 9.93. The lowest BCUT2D eigenvalue weighted by molar-refractivity contribution is 0.670. The van der Waals surface area contributed by atoms with E-state index in [0.717, 1.165) is 44.5 Å². The van der Waals surface area contributed by atoms with Crippen molar-refractivity contribution in [3.8, 4) is 22.4 Å². The Morgan fingerprint density at radius 3 is 1.73 bits per heavy atom. The van der Waals surface area contributed by atoms with Crippen LogP contribution in [-0.2, 0) is 0 Å². The molecule has 0 saturated carbocycles. The van der Waals surface area contributed by atoms with Crippen molar-refractivity contribution >= 4 is 75.9 Å². The van der Waals surface area contributed by atoms with Crippen LogP contribution in [0.25, 0.3) is 98.3 Å². The SMILES string of the molecule is c1ccc2c(c1)ccc1c(-c3ccc(-c4cc5ccccc5c5c4oc4ccc6ccccc6c45)cc3)nc3ccccc3c12. The van der Waals surface area contributed by atoms with E-state index in [1.165, 1.54) is 53.9 Å². The first-order chi connectivity index (χ1) is 22.3. The normalized spacial score (nSPS) is 12.0. The van der Waals surface area contributed by atoms with E-state index in [2.05, 4.69) is 152 Å². The smallest absolute Gasteiger partial charge is 0.143 e. The minimum atomic E-state index is 0.914. The molecule has 0 amide bonds. The monoisotopic (exact) mass is 571 g/mol. The van der Waals surface area contributed by atoms with Gasteiger partial charge in [0.2, 0.25) is 0 Å². The van der Waals surface area contributed by atoms with Crippen molar-refractivity contribution in [2.24, 2.45) is 0 Å². The van der Waals surface area contributed by atoms with Crippen LogP contribution in [0.5, 0.6) is 0 Å². The molecule has 45 heavy (non-hydrogen) atoms. The van der Waals surface area contributed by atoms with Crippen molar-refractivity contribution < 1.29 is 4.42 Å². The van der Waals surface area contributed by atoms with Crippen LogP contribution in [0, 0.1) is 0 Å². The molecule has 2 nitrogen and oxygen atoms in total. The van der Waals surface area contributed by atoms with Gasteiger partial charge in [-0.2, -0.15) is 0 Å². The van der Waals surface area contributed by atoms with Crippen molar-refractivity contribution in [2.45, 2.75) is 0 Å². The van der Waals surface area contributed by atoms with Crippen molar-refractivity contribution in [1.29, 1.82) is 0 Å². The number of rotatable bonds is 2. The molecular weight excluding hydrogens is 546 g/mol. The Morgan fingerprint density at radius 1 is 0.400 bits per heavy atom. The second-order valence-corrected chi connectivity index (χ2v) is 11.9. The Hall–Kier alpha value is -5.99. The zero-order valence-electron chi connectivity index (χ0n) is 24.3. The highest BCUT2D eigenvalue weighted by Gasteiger charge is 2.19. The van der Waals surface area contributed by atoms with Gasteiger partial charge in [0.1, 0.15) is 11.2 Å². The summed E-state index contributed by atoms with van der Waals surface area (Å²) in [6.07, 6.45) is 0. The molecule has 0 radical (unpaired) electrons. The van der Waals surface area contributed by atoms with Gasteiger partial charge in [0.15, 0.2) is 0 Å². The summed E-state index contributed by atoms with van der Waals surface area (Å²) in [4.78, 5) is 5.21. The quantitative estimate of drug-likeness (QED) is 0.193. The van der Waals surface area contributed by atoms with Crippen LogP contribution in [0.3, 0.4) is 0 Å². The molecule has 0 N–H and O–H groups in total. The molecule has 0 atom stereocenters. The van der Waals surface area contributed by atoms with Crippen LogP contribution in [0.2, 0.25) is 0 Å². The molecule has 0 saturated heterocycles. The van der Waals surface area contributed by atoms with Crippen LogP contribution in [0.15, 0.2) is 156 Å². The molecule has 10 rings (SSSR count). The molecule has 2 heterocycles. The summed E-state index contributed by atoms with van der Waals surface area (Å²) >= 11 is 0. The van der Waals surface area contributed by atoms with E-state index in [9.17, 15) is 0 Å². The maximum absolute atomic E-state index is 6.70. The summed E-state index contributed by atoms with van der Waals surface area (Å²) in [6, 6.07) is 54.1. The van der Waals surface area contributed by atoms with Gasteiger partial charge in [-0.25, -0.2) is 4.98 Å². The van der Waals surface area contributed by atoms with Gasteiger partial charge >= 0.3 is 0 Å². The summed E-state index contributed by atoms with van der Waals surface area (Å²) < 4.78 is 6.70. The second kappa shape index (κ2) is 9.25. The first kappa shape index (κ1) is 24.5. The Labute approximate surface area is 258 Å². The molecule has 0 aliphatic heterocycles. The number of aromatic nitrogens is 1. The van der Waals surface area contributed by atoms with E-state index in [-0.39, 0.29) is 0 Å². The number of pyridine rings is 1. The van der Waals surface area contributed by atoms with Crippen molar-refractivity contribution in [2.75, 3.05) is 0 Å². The lowest BCUT2D eigenvalue weighted by Gasteiger charge is -2.13. The molecule has 0 aliphatic carbocycles. The summed E-state index contributed by atoms with van der Waals surface area (Å²) in [7, 11) is 0. The fraction of sp³-hybridized carbons (Fsp3) is 0.